The molecule has 2 rings (SSSR count). The van der Waals surface area contributed by atoms with Gasteiger partial charge in [-0.15, -0.1) is 0 Å². The van der Waals surface area contributed by atoms with Crippen molar-refractivity contribution in [3.05, 3.63) is 53.1 Å². The Morgan fingerprint density at radius 2 is 1.83 bits per heavy atom. The molecule has 6 unspecified atom stereocenters. The Kier molecular flexibility index (Phi) is 11.6. The summed E-state index contributed by atoms with van der Waals surface area (Å²) in [4.78, 5) is 24.3. The summed E-state index contributed by atoms with van der Waals surface area (Å²) in [5, 5.41) is 11.1. The van der Waals surface area contributed by atoms with E-state index in [1.54, 1.807) is 26.2 Å². The summed E-state index contributed by atoms with van der Waals surface area (Å²) in [6, 6.07) is 7.49. The zero-order valence-corrected chi connectivity index (χ0v) is 22.2. The number of amides is 1. The van der Waals surface area contributed by atoms with Gasteiger partial charge in [-0.3, -0.25) is 0 Å². The summed E-state index contributed by atoms with van der Waals surface area (Å²) in [5.41, 5.74) is 7.57. The van der Waals surface area contributed by atoms with E-state index in [0.717, 1.165) is 12.0 Å². The average molecular weight is 504 g/mol. The van der Waals surface area contributed by atoms with Crippen LogP contribution in [0.1, 0.15) is 52.5 Å². The lowest BCUT2D eigenvalue weighted by Crippen LogP contribution is -2.37. The molecule has 8 nitrogen and oxygen atoms in total. The van der Waals surface area contributed by atoms with Crippen LogP contribution >= 0.6 is 0 Å². The van der Waals surface area contributed by atoms with E-state index in [1.165, 1.54) is 7.11 Å². The first-order valence-corrected chi connectivity index (χ1v) is 12.4. The topological polar surface area (TPSA) is 117 Å². The lowest BCUT2D eigenvalue weighted by Gasteiger charge is -2.30. The molecule has 8 heteroatoms. The minimum Gasteiger partial charge on any atom is -0.439 e. The van der Waals surface area contributed by atoms with Gasteiger partial charge in [-0.1, -0.05) is 38.1 Å². The maximum atomic E-state index is 12.6. The van der Waals surface area contributed by atoms with Gasteiger partial charge in [-0.05, 0) is 68.7 Å². The van der Waals surface area contributed by atoms with Crippen molar-refractivity contribution in [2.75, 3.05) is 14.2 Å². The standard InChI is InChI=1S/C28H41NO7/c1-17-13-21-10-8-11-22(16-21)35-27(31)18(2)9-7-12-23(33-5)26(36-28(29)32)20(4)15-19(3)25(30)24(14-17)34-6/h8-11,15-17,19,23-26,30H,7,12-14H2,1-6H3,(H2,29,32)/b18-9+,20-15+. The third kappa shape index (κ3) is 8.76. The van der Waals surface area contributed by atoms with Crippen LogP contribution in [0.2, 0.25) is 0 Å². The van der Waals surface area contributed by atoms with Crippen LogP contribution in [-0.2, 0) is 25.4 Å². The Morgan fingerprint density at radius 3 is 2.47 bits per heavy atom. The number of benzene rings is 1. The van der Waals surface area contributed by atoms with Gasteiger partial charge >= 0.3 is 12.1 Å². The van der Waals surface area contributed by atoms with E-state index in [9.17, 15) is 14.7 Å². The summed E-state index contributed by atoms with van der Waals surface area (Å²) in [6.45, 7) is 7.52. The van der Waals surface area contributed by atoms with Gasteiger partial charge in [0, 0.05) is 25.7 Å². The van der Waals surface area contributed by atoms with E-state index in [1.807, 2.05) is 38.1 Å². The van der Waals surface area contributed by atoms with Gasteiger partial charge in [-0.25, -0.2) is 9.59 Å². The molecule has 1 aliphatic rings. The lowest BCUT2D eigenvalue weighted by atomic mass is 9.88. The molecule has 36 heavy (non-hydrogen) atoms. The number of aliphatic hydroxyl groups is 1. The summed E-state index contributed by atoms with van der Waals surface area (Å²) < 4.78 is 22.3. The number of rotatable bonds is 3. The molecule has 1 aromatic carbocycles. The van der Waals surface area contributed by atoms with Crippen molar-refractivity contribution in [2.45, 2.75) is 77.8 Å². The zero-order valence-electron chi connectivity index (χ0n) is 22.2. The van der Waals surface area contributed by atoms with Crippen LogP contribution in [-0.4, -0.2) is 55.8 Å². The molecule has 0 aliphatic carbocycles. The number of carbonyl (C=O) groups excluding carboxylic acids is 2. The molecule has 2 bridgehead atoms. The second kappa shape index (κ2) is 14.2. The van der Waals surface area contributed by atoms with Gasteiger partial charge in [0.25, 0.3) is 0 Å². The van der Waals surface area contributed by atoms with Crippen LogP contribution in [0.15, 0.2) is 47.6 Å². The third-order valence-electron chi connectivity index (χ3n) is 6.63. The minimum absolute atomic E-state index is 0.195. The zero-order chi connectivity index (χ0) is 26.8. The molecule has 200 valence electrons. The molecular formula is C28H41NO7. The van der Waals surface area contributed by atoms with Gasteiger partial charge in [0.2, 0.25) is 0 Å². The van der Waals surface area contributed by atoms with Crippen molar-refractivity contribution in [2.24, 2.45) is 17.6 Å². The third-order valence-corrected chi connectivity index (χ3v) is 6.63. The summed E-state index contributed by atoms with van der Waals surface area (Å²) >= 11 is 0. The number of aliphatic hydroxyl groups excluding tert-OH is 1. The van der Waals surface area contributed by atoms with Crippen molar-refractivity contribution < 1.29 is 33.6 Å². The van der Waals surface area contributed by atoms with Crippen LogP contribution in [0.3, 0.4) is 0 Å². The Balaban J connectivity index is 2.43. The second-order valence-electron chi connectivity index (χ2n) is 9.71. The predicted molar refractivity (Wildman–Crippen MR) is 138 cm³/mol. The highest BCUT2D eigenvalue weighted by Gasteiger charge is 2.30. The van der Waals surface area contributed by atoms with Gasteiger partial charge in [0.05, 0.1) is 18.3 Å². The molecule has 0 spiro atoms. The predicted octanol–water partition coefficient (Wildman–Crippen LogP) is 4.34. The number of primary amides is 1. The first kappa shape index (κ1) is 29.5. The number of ether oxygens (including phenoxy) is 4. The molecule has 1 aromatic rings. The molecule has 6 atom stereocenters. The van der Waals surface area contributed by atoms with E-state index in [4.69, 9.17) is 24.7 Å². The Hall–Kier alpha value is -2.68. The molecule has 1 amide bonds. The van der Waals surface area contributed by atoms with E-state index >= 15 is 0 Å². The monoisotopic (exact) mass is 503 g/mol. The summed E-state index contributed by atoms with van der Waals surface area (Å²) in [7, 11) is 3.12. The molecule has 0 aromatic heterocycles. The highest BCUT2D eigenvalue weighted by Crippen LogP contribution is 2.26. The van der Waals surface area contributed by atoms with Crippen LogP contribution in [0, 0.1) is 11.8 Å². The van der Waals surface area contributed by atoms with Crippen molar-refractivity contribution in [1.82, 2.24) is 0 Å². The minimum atomic E-state index is -0.915. The van der Waals surface area contributed by atoms with E-state index in [0.29, 0.717) is 36.2 Å². The van der Waals surface area contributed by atoms with E-state index < -0.39 is 36.5 Å². The van der Waals surface area contributed by atoms with Gasteiger partial charge < -0.3 is 29.8 Å². The Bertz CT molecular complexity index is 942. The van der Waals surface area contributed by atoms with Crippen molar-refractivity contribution >= 4 is 12.1 Å². The van der Waals surface area contributed by atoms with Crippen LogP contribution in [0.4, 0.5) is 4.79 Å². The van der Waals surface area contributed by atoms with Crippen LogP contribution < -0.4 is 10.5 Å². The quantitative estimate of drug-likeness (QED) is 0.358. The molecule has 0 saturated carbocycles. The molecule has 0 saturated heterocycles. The Morgan fingerprint density at radius 1 is 1.14 bits per heavy atom. The summed E-state index contributed by atoms with van der Waals surface area (Å²) in [5.74, 6) is -0.0288. The summed E-state index contributed by atoms with van der Waals surface area (Å²) in [6.07, 6.45) is 2.64. The Labute approximate surface area is 214 Å². The number of esters is 1. The maximum absolute atomic E-state index is 12.6. The molecule has 1 aliphatic heterocycles. The highest BCUT2D eigenvalue weighted by atomic mass is 16.6. The number of hydrogen-bond donors (Lipinski definition) is 2. The highest BCUT2D eigenvalue weighted by molar-refractivity contribution is 5.89. The maximum Gasteiger partial charge on any atom is 0.405 e. The van der Waals surface area contributed by atoms with Crippen molar-refractivity contribution in [1.29, 1.82) is 0 Å². The lowest BCUT2D eigenvalue weighted by molar-refractivity contribution is -0.130. The normalized spacial score (nSPS) is 31.9. The molecule has 0 radical (unpaired) electrons. The molecule has 1 heterocycles. The number of fused-ring (bicyclic) bond motifs is 2. The SMILES string of the molecule is COC1CC/C=C(\C)C(=O)Oc2cccc(c2)CC(C)CC(OC)C(O)C(C)/C=C(\C)C1OC(N)=O. The fourth-order valence-corrected chi connectivity index (χ4v) is 4.65. The van der Waals surface area contributed by atoms with E-state index in [2.05, 4.69) is 6.92 Å². The second-order valence-corrected chi connectivity index (χ2v) is 9.71. The number of carbonyl (C=O) groups is 2. The number of methoxy groups -OCH3 is 2. The molecular weight excluding hydrogens is 462 g/mol. The first-order valence-electron chi connectivity index (χ1n) is 12.4. The van der Waals surface area contributed by atoms with Crippen molar-refractivity contribution in [3.63, 3.8) is 0 Å². The number of nitrogens with two attached hydrogens (primary N) is 1. The average Bonchev–Trinajstić information content (AvgIpc) is 2.82. The molecule has 3 N–H and O–H groups in total. The molecule has 0 fully saturated rings. The van der Waals surface area contributed by atoms with E-state index in [-0.39, 0.29) is 11.8 Å². The van der Waals surface area contributed by atoms with Crippen molar-refractivity contribution in [3.8, 4) is 5.75 Å². The largest absolute Gasteiger partial charge is 0.439 e. The van der Waals surface area contributed by atoms with Gasteiger partial charge in [0.1, 0.15) is 5.75 Å². The van der Waals surface area contributed by atoms with Crippen LogP contribution in [0.5, 0.6) is 5.75 Å². The van der Waals surface area contributed by atoms with Gasteiger partial charge in [0.15, 0.2) is 6.10 Å². The fraction of sp³-hybridized carbons (Fsp3) is 0.571. The number of allylic oxidation sites excluding steroid dienone is 1. The number of hydrogen-bond acceptors (Lipinski definition) is 7. The van der Waals surface area contributed by atoms with Gasteiger partial charge in [-0.2, -0.15) is 0 Å². The smallest absolute Gasteiger partial charge is 0.405 e. The first-order chi connectivity index (χ1) is 17.0. The van der Waals surface area contributed by atoms with Crippen LogP contribution in [0.25, 0.3) is 0 Å². The fourth-order valence-electron chi connectivity index (χ4n) is 4.65.